The molecule has 2 aliphatic heterocycles. The molecule has 2 aliphatic rings. The van der Waals surface area contributed by atoms with Crippen molar-refractivity contribution in [1.29, 1.82) is 0 Å². The van der Waals surface area contributed by atoms with Crippen molar-refractivity contribution in [2.24, 2.45) is 0 Å². The number of nitrogens with one attached hydrogen (secondary N) is 2. The molecule has 0 saturated carbocycles. The van der Waals surface area contributed by atoms with Gasteiger partial charge in [0.1, 0.15) is 5.82 Å². The standard InChI is InChI=1S/C14H19N3O3/c1-19-8-9-2-4-15-13(6-9)17-14(18)11-7-12-10(16-11)3-5-20-12/h2,4,6,10-12,16H,3,5,7-8H2,1H3,(H,15,17,18)/t10-,11-,12-/m0/s1. The van der Waals surface area contributed by atoms with Crippen molar-refractivity contribution in [3.05, 3.63) is 23.9 Å². The summed E-state index contributed by atoms with van der Waals surface area (Å²) in [5.41, 5.74) is 0.984. The maximum Gasteiger partial charge on any atom is 0.242 e. The van der Waals surface area contributed by atoms with Crippen LogP contribution in [0.1, 0.15) is 18.4 Å². The number of ether oxygens (including phenoxy) is 2. The van der Waals surface area contributed by atoms with Crippen LogP contribution in [0.3, 0.4) is 0 Å². The minimum atomic E-state index is -0.196. The topological polar surface area (TPSA) is 72.5 Å². The molecule has 0 unspecified atom stereocenters. The summed E-state index contributed by atoms with van der Waals surface area (Å²) in [5.74, 6) is 0.509. The fraction of sp³-hybridized carbons (Fsp3) is 0.571. The minimum absolute atomic E-state index is 0.0509. The number of rotatable bonds is 4. The highest BCUT2D eigenvalue weighted by Gasteiger charge is 2.40. The van der Waals surface area contributed by atoms with Crippen molar-refractivity contribution < 1.29 is 14.3 Å². The highest BCUT2D eigenvalue weighted by Crippen LogP contribution is 2.25. The summed E-state index contributed by atoms with van der Waals surface area (Å²) in [6.45, 7) is 1.29. The molecular weight excluding hydrogens is 258 g/mol. The molecule has 2 saturated heterocycles. The lowest BCUT2D eigenvalue weighted by Gasteiger charge is -2.13. The van der Waals surface area contributed by atoms with Gasteiger partial charge in [-0.3, -0.25) is 4.79 Å². The Kier molecular flexibility index (Phi) is 3.95. The third-order valence-corrected chi connectivity index (χ3v) is 3.80. The third-order valence-electron chi connectivity index (χ3n) is 3.80. The highest BCUT2D eigenvalue weighted by atomic mass is 16.5. The number of hydrogen-bond donors (Lipinski definition) is 2. The van der Waals surface area contributed by atoms with Crippen molar-refractivity contribution in [1.82, 2.24) is 10.3 Å². The van der Waals surface area contributed by atoms with Gasteiger partial charge in [0.15, 0.2) is 0 Å². The van der Waals surface area contributed by atoms with E-state index in [1.807, 2.05) is 12.1 Å². The maximum atomic E-state index is 12.2. The average Bonchev–Trinajstić information content (AvgIpc) is 3.00. The van der Waals surface area contributed by atoms with Crippen LogP contribution in [0.2, 0.25) is 0 Å². The first-order valence-electron chi connectivity index (χ1n) is 6.88. The number of hydrogen-bond acceptors (Lipinski definition) is 5. The van der Waals surface area contributed by atoms with Gasteiger partial charge in [-0.25, -0.2) is 4.98 Å². The summed E-state index contributed by atoms with van der Waals surface area (Å²) >= 11 is 0. The van der Waals surface area contributed by atoms with Gasteiger partial charge >= 0.3 is 0 Å². The SMILES string of the molecule is COCc1ccnc(NC(=O)[C@@H]2C[C@@H]3OCC[C@@H]3N2)c1. The summed E-state index contributed by atoms with van der Waals surface area (Å²) in [5, 5.41) is 6.17. The van der Waals surface area contributed by atoms with E-state index in [-0.39, 0.29) is 18.1 Å². The van der Waals surface area contributed by atoms with E-state index >= 15 is 0 Å². The van der Waals surface area contributed by atoms with Gasteiger partial charge in [0.05, 0.1) is 18.8 Å². The summed E-state index contributed by atoms with van der Waals surface area (Å²) in [6, 6.07) is 3.82. The normalized spacial score (nSPS) is 28.4. The number of aromatic nitrogens is 1. The van der Waals surface area contributed by atoms with E-state index in [9.17, 15) is 4.79 Å². The first kappa shape index (κ1) is 13.5. The highest BCUT2D eigenvalue weighted by molar-refractivity contribution is 5.94. The Morgan fingerprint density at radius 1 is 1.65 bits per heavy atom. The fourth-order valence-electron chi connectivity index (χ4n) is 2.83. The van der Waals surface area contributed by atoms with Gasteiger partial charge in [0.25, 0.3) is 0 Å². The first-order chi connectivity index (χ1) is 9.76. The third kappa shape index (κ3) is 2.82. The largest absolute Gasteiger partial charge is 0.380 e. The Hall–Kier alpha value is -1.50. The van der Waals surface area contributed by atoms with Gasteiger partial charge in [-0.1, -0.05) is 0 Å². The molecule has 0 spiro atoms. The number of carbonyl (C=O) groups excluding carboxylic acids is 1. The Labute approximate surface area is 117 Å². The monoisotopic (exact) mass is 277 g/mol. The molecule has 2 N–H and O–H groups in total. The van der Waals surface area contributed by atoms with Crippen LogP contribution >= 0.6 is 0 Å². The predicted molar refractivity (Wildman–Crippen MR) is 73.3 cm³/mol. The average molecular weight is 277 g/mol. The molecular formula is C14H19N3O3. The van der Waals surface area contributed by atoms with Crippen LogP contribution in [0.25, 0.3) is 0 Å². The van der Waals surface area contributed by atoms with Crippen LogP contribution in [-0.2, 0) is 20.9 Å². The van der Waals surface area contributed by atoms with E-state index in [4.69, 9.17) is 9.47 Å². The molecule has 2 fully saturated rings. The number of methoxy groups -OCH3 is 1. The quantitative estimate of drug-likeness (QED) is 0.847. The second-order valence-electron chi connectivity index (χ2n) is 5.23. The van der Waals surface area contributed by atoms with Crippen molar-refractivity contribution in [3.63, 3.8) is 0 Å². The molecule has 3 atom stereocenters. The van der Waals surface area contributed by atoms with Crippen LogP contribution in [0.4, 0.5) is 5.82 Å². The Balaban J connectivity index is 1.60. The van der Waals surface area contributed by atoms with Gasteiger partial charge in [-0.05, 0) is 30.5 Å². The summed E-state index contributed by atoms with van der Waals surface area (Å²) < 4.78 is 10.7. The molecule has 0 bridgehead atoms. The van der Waals surface area contributed by atoms with E-state index in [2.05, 4.69) is 15.6 Å². The first-order valence-corrected chi connectivity index (χ1v) is 6.88. The van der Waals surface area contributed by atoms with Crippen molar-refractivity contribution in [3.8, 4) is 0 Å². The van der Waals surface area contributed by atoms with Crippen LogP contribution in [0.5, 0.6) is 0 Å². The molecule has 0 aromatic carbocycles. The van der Waals surface area contributed by atoms with E-state index in [1.54, 1.807) is 13.3 Å². The number of amides is 1. The molecule has 1 aromatic heterocycles. The lowest BCUT2D eigenvalue weighted by atomic mass is 10.1. The zero-order valence-electron chi connectivity index (χ0n) is 11.5. The van der Waals surface area contributed by atoms with Crippen molar-refractivity contribution in [2.45, 2.75) is 37.6 Å². The zero-order chi connectivity index (χ0) is 13.9. The van der Waals surface area contributed by atoms with E-state index in [0.29, 0.717) is 18.5 Å². The van der Waals surface area contributed by atoms with Crippen LogP contribution in [-0.4, -0.2) is 42.8 Å². The molecule has 0 radical (unpaired) electrons. The van der Waals surface area contributed by atoms with Gasteiger partial charge in [0, 0.05) is 26.0 Å². The van der Waals surface area contributed by atoms with Crippen LogP contribution in [0, 0.1) is 0 Å². The lowest BCUT2D eigenvalue weighted by Crippen LogP contribution is -2.39. The van der Waals surface area contributed by atoms with E-state index in [0.717, 1.165) is 25.0 Å². The molecule has 6 heteroatoms. The molecule has 3 rings (SSSR count). The number of carbonyl (C=O) groups is 1. The molecule has 3 heterocycles. The van der Waals surface area contributed by atoms with Crippen molar-refractivity contribution >= 4 is 11.7 Å². The number of fused-ring (bicyclic) bond motifs is 1. The maximum absolute atomic E-state index is 12.2. The van der Waals surface area contributed by atoms with Crippen LogP contribution in [0.15, 0.2) is 18.3 Å². The van der Waals surface area contributed by atoms with Gasteiger partial charge in [0.2, 0.25) is 5.91 Å². The Morgan fingerprint density at radius 2 is 2.55 bits per heavy atom. The number of pyridine rings is 1. The summed E-state index contributed by atoms with van der Waals surface area (Å²) in [4.78, 5) is 16.4. The second kappa shape index (κ2) is 5.87. The molecule has 108 valence electrons. The molecule has 1 aromatic rings. The molecule has 20 heavy (non-hydrogen) atoms. The summed E-state index contributed by atoms with van der Waals surface area (Å²) in [6.07, 6.45) is 3.56. The predicted octanol–water partition coefficient (Wildman–Crippen LogP) is 0.686. The minimum Gasteiger partial charge on any atom is -0.380 e. The number of nitrogens with zero attached hydrogens (tertiary/aromatic N) is 1. The Morgan fingerprint density at radius 3 is 3.35 bits per heavy atom. The second-order valence-corrected chi connectivity index (χ2v) is 5.23. The van der Waals surface area contributed by atoms with Crippen LogP contribution < -0.4 is 10.6 Å². The molecule has 6 nitrogen and oxygen atoms in total. The lowest BCUT2D eigenvalue weighted by molar-refractivity contribution is -0.118. The zero-order valence-corrected chi connectivity index (χ0v) is 11.5. The Bertz CT molecular complexity index is 482. The molecule has 1 amide bonds. The van der Waals surface area contributed by atoms with Gasteiger partial charge < -0.3 is 20.1 Å². The van der Waals surface area contributed by atoms with Crippen molar-refractivity contribution in [2.75, 3.05) is 19.0 Å². The summed E-state index contributed by atoms with van der Waals surface area (Å²) in [7, 11) is 1.64. The molecule has 0 aliphatic carbocycles. The smallest absolute Gasteiger partial charge is 0.242 e. The van der Waals surface area contributed by atoms with Gasteiger partial charge in [-0.2, -0.15) is 0 Å². The fourth-order valence-corrected chi connectivity index (χ4v) is 2.83. The van der Waals surface area contributed by atoms with E-state index < -0.39 is 0 Å². The number of anilines is 1. The van der Waals surface area contributed by atoms with Gasteiger partial charge in [-0.15, -0.1) is 0 Å². The van der Waals surface area contributed by atoms with E-state index in [1.165, 1.54) is 0 Å².